The van der Waals surface area contributed by atoms with Crippen molar-refractivity contribution in [2.45, 2.75) is 37.5 Å². The lowest BCUT2D eigenvalue weighted by Crippen LogP contribution is -2.50. The highest BCUT2D eigenvalue weighted by molar-refractivity contribution is 7.89. The maximum absolute atomic E-state index is 12.8. The third-order valence-electron chi connectivity index (χ3n) is 6.35. The van der Waals surface area contributed by atoms with E-state index in [1.54, 1.807) is 24.3 Å². The van der Waals surface area contributed by atoms with Gasteiger partial charge in [0.05, 0.1) is 11.4 Å². The summed E-state index contributed by atoms with van der Waals surface area (Å²) in [7, 11) is -3.57. The molecule has 2 heterocycles. The predicted molar refractivity (Wildman–Crippen MR) is 126 cm³/mol. The molecule has 0 unspecified atom stereocenters. The van der Waals surface area contributed by atoms with Crippen LogP contribution >= 0.6 is 0 Å². The van der Waals surface area contributed by atoms with Gasteiger partial charge in [0.2, 0.25) is 15.9 Å². The number of carbonyl (C=O) groups excluding carboxylic acids is 2. The maximum atomic E-state index is 12.8. The zero-order chi connectivity index (χ0) is 23.4. The van der Waals surface area contributed by atoms with Gasteiger partial charge >= 0.3 is 0 Å². The molecule has 4 rings (SSSR count). The third-order valence-corrected chi connectivity index (χ3v) is 8.26. The summed E-state index contributed by atoms with van der Waals surface area (Å²) in [6, 6.07) is 14.8. The van der Waals surface area contributed by atoms with Crippen LogP contribution in [0.4, 0.5) is 5.69 Å². The summed E-state index contributed by atoms with van der Waals surface area (Å²) < 4.78 is 27.1. The Balaban J connectivity index is 1.25. The van der Waals surface area contributed by atoms with Crippen LogP contribution in [0.15, 0.2) is 53.4 Å². The van der Waals surface area contributed by atoms with Crippen LogP contribution in [0, 0.1) is 12.8 Å². The van der Waals surface area contributed by atoms with Gasteiger partial charge in [0.1, 0.15) is 0 Å². The second-order valence-electron chi connectivity index (χ2n) is 8.68. The van der Waals surface area contributed by atoms with Gasteiger partial charge in [0, 0.05) is 31.2 Å². The Kier molecular flexibility index (Phi) is 6.99. The van der Waals surface area contributed by atoms with Crippen LogP contribution in [0.5, 0.6) is 0 Å². The summed E-state index contributed by atoms with van der Waals surface area (Å²) in [6.45, 7) is 3.42. The first-order valence-electron chi connectivity index (χ1n) is 11.3. The summed E-state index contributed by atoms with van der Waals surface area (Å²) in [6.07, 6.45) is 2.81. The van der Waals surface area contributed by atoms with E-state index in [2.05, 4.69) is 16.9 Å². The van der Waals surface area contributed by atoms with E-state index in [-0.39, 0.29) is 42.3 Å². The molecule has 2 aliphatic rings. The van der Waals surface area contributed by atoms with Crippen LogP contribution in [0.2, 0.25) is 0 Å². The third kappa shape index (κ3) is 5.36. The lowest BCUT2D eigenvalue weighted by molar-refractivity contribution is -0.131. The number of fused-ring (bicyclic) bond motifs is 1. The number of carbonyl (C=O) groups is 2. The van der Waals surface area contributed by atoms with Gasteiger partial charge in [-0.2, -0.15) is 4.31 Å². The second-order valence-corrected chi connectivity index (χ2v) is 10.6. The highest BCUT2D eigenvalue weighted by atomic mass is 32.2. The number of para-hydroxylation sites is 1. The Labute approximate surface area is 195 Å². The number of hydrazine groups is 1. The van der Waals surface area contributed by atoms with Gasteiger partial charge in [-0.05, 0) is 56.4 Å². The van der Waals surface area contributed by atoms with Crippen molar-refractivity contribution in [3.8, 4) is 0 Å². The van der Waals surface area contributed by atoms with Crippen LogP contribution < -0.4 is 15.8 Å². The number of piperidine rings is 1. The van der Waals surface area contributed by atoms with Gasteiger partial charge in [-0.1, -0.05) is 35.9 Å². The molecule has 0 bridgehead atoms. The van der Waals surface area contributed by atoms with E-state index in [1.807, 2.05) is 30.0 Å². The average Bonchev–Trinajstić information content (AvgIpc) is 2.83. The molecule has 2 aliphatic heterocycles. The van der Waals surface area contributed by atoms with Crippen molar-refractivity contribution in [3.63, 3.8) is 0 Å². The first-order chi connectivity index (χ1) is 15.8. The van der Waals surface area contributed by atoms with Crippen LogP contribution in [0.25, 0.3) is 0 Å². The molecule has 1 saturated heterocycles. The van der Waals surface area contributed by atoms with E-state index in [0.29, 0.717) is 12.8 Å². The lowest BCUT2D eigenvalue weighted by Gasteiger charge is -2.31. The average molecular weight is 471 g/mol. The fourth-order valence-corrected chi connectivity index (χ4v) is 5.91. The SMILES string of the molecule is Cc1ccc(S(=O)(=O)N2CCC(C(=O)NNC(=O)CN3CCCc4ccccc43)CC2)cc1. The minimum Gasteiger partial charge on any atom is -0.362 e. The van der Waals surface area contributed by atoms with E-state index in [1.165, 1.54) is 9.87 Å². The Morgan fingerprint density at radius 1 is 0.970 bits per heavy atom. The highest BCUT2D eigenvalue weighted by Crippen LogP contribution is 2.26. The molecule has 0 saturated carbocycles. The molecule has 176 valence electrons. The number of sulfonamides is 1. The fraction of sp³-hybridized carbons (Fsp3) is 0.417. The molecule has 0 aliphatic carbocycles. The molecular weight excluding hydrogens is 440 g/mol. The van der Waals surface area contributed by atoms with Crippen LogP contribution in [-0.2, 0) is 26.0 Å². The predicted octanol–water partition coefficient (Wildman–Crippen LogP) is 2.00. The standard InChI is InChI=1S/C24H30N4O4S/c1-18-8-10-21(11-9-18)33(31,32)28-15-12-20(13-16-28)24(30)26-25-23(29)17-27-14-4-6-19-5-2-3-7-22(19)27/h2-3,5,7-11,20H,4,6,12-17H2,1H3,(H,25,29)(H,26,30). The molecule has 2 amide bonds. The number of aryl methyl sites for hydroxylation is 2. The maximum Gasteiger partial charge on any atom is 0.257 e. The number of benzene rings is 2. The highest BCUT2D eigenvalue weighted by Gasteiger charge is 2.32. The number of amides is 2. The van der Waals surface area contributed by atoms with E-state index < -0.39 is 10.0 Å². The van der Waals surface area contributed by atoms with Crippen LogP contribution in [-0.4, -0.2) is 50.7 Å². The Morgan fingerprint density at radius 2 is 1.67 bits per heavy atom. The van der Waals surface area contributed by atoms with Gasteiger partial charge in [0.25, 0.3) is 5.91 Å². The molecule has 1 fully saturated rings. The topological polar surface area (TPSA) is 98.8 Å². The summed E-state index contributed by atoms with van der Waals surface area (Å²) in [5.74, 6) is -0.903. The number of rotatable bonds is 5. The van der Waals surface area contributed by atoms with Gasteiger partial charge in [-0.3, -0.25) is 20.4 Å². The fourth-order valence-electron chi connectivity index (χ4n) is 4.44. The van der Waals surface area contributed by atoms with Crippen LogP contribution in [0.1, 0.15) is 30.4 Å². The van der Waals surface area contributed by atoms with Crippen molar-refractivity contribution in [1.82, 2.24) is 15.2 Å². The van der Waals surface area contributed by atoms with E-state index >= 15 is 0 Å². The van der Waals surface area contributed by atoms with Crippen molar-refractivity contribution in [2.24, 2.45) is 5.92 Å². The van der Waals surface area contributed by atoms with Crippen molar-refractivity contribution in [1.29, 1.82) is 0 Å². The number of hydrogen-bond acceptors (Lipinski definition) is 5. The second kappa shape index (κ2) is 9.93. The lowest BCUT2D eigenvalue weighted by atomic mass is 9.98. The van der Waals surface area contributed by atoms with Gasteiger partial charge in [-0.15, -0.1) is 0 Å². The molecule has 0 spiro atoms. The molecule has 0 atom stereocenters. The summed E-state index contributed by atoms with van der Waals surface area (Å²) in [5.41, 5.74) is 8.33. The monoisotopic (exact) mass is 470 g/mol. The first kappa shape index (κ1) is 23.3. The van der Waals surface area contributed by atoms with E-state index in [0.717, 1.165) is 30.6 Å². The first-order valence-corrected chi connectivity index (χ1v) is 12.8. The molecular formula is C24H30N4O4S. The molecule has 0 radical (unpaired) electrons. The number of nitrogens with zero attached hydrogens (tertiary/aromatic N) is 2. The zero-order valence-corrected chi connectivity index (χ0v) is 19.6. The Bertz CT molecular complexity index is 1110. The minimum atomic E-state index is -3.57. The summed E-state index contributed by atoms with van der Waals surface area (Å²) in [4.78, 5) is 27.3. The molecule has 0 aromatic heterocycles. The van der Waals surface area contributed by atoms with Gasteiger partial charge < -0.3 is 4.90 Å². The van der Waals surface area contributed by atoms with Crippen molar-refractivity contribution < 1.29 is 18.0 Å². The number of hydrogen-bond donors (Lipinski definition) is 2. The molecule has 33 heavy (non-hydrogen) atoms. The Hall–Kier alpha value is -2.91. The van der Waals surface area contributed by atoms with Crippen molar-refractivity contribution in [2.75, 3.05) is 31.1 Å². The minimum absolute atomic E-state index is 0.171. The van der Waals surface area contributed by atoms with Crippen LogP contribution in [0.3, 0.4) is 0 Å². The molecule has 2 aromatic rings. The van der Waals surface area contributed by atoms with Crippen molar-refractivity contribution >= 4 is 27.5 Å². The van der Waals surface area contributed by atoms with Crippen molar-refractivity contribution in [3.05, 3.63) is 59.7 Å². The van der Waals surface area contributed by atoms with E-state index in [4.69, 9.17) is 0 Å². The largest absolute Gasteiger partial charge is 0.362 e. The molecule has 8 nitrogen and oxygen atoms in total. The number of anilines is 1. The Morgan fingerprint density at radius 3 is 2.39 bits per heavy atom. The summed E-state index contributed by atoms with van der Waals surface area (Å²) >= 11 is 0. The quantitative estimate of drug-likeness (QED) is 0.652. The molecule has 2 N–H and O–H groups in total. The normalized spacial score (nSPS) is 17.3. The van der Waals surface area contributed by atoms with Gasteiger partial charge in [0.15, 0.2) is 0 Å². The smallest absolute Gasteiger partial charge is 0.257 e. The van der Waals surface area contributed by atoms with E-state index in [9.17, 15) is 18.0 Å². The molecule has 9 heteroatoms. The number of nitrogens with one attached hydrogen (secondary N) is 2. The molecule has 2 aromatic carbocycles. The summed E-state index contributed by atoms with van der Waals surface area (Å²) in [5, 5.41) is 0. The van der Waals surface area contributed by atoms with Gasteiger partial charge in [-0.25, -0.2) is 8.42 Å². The zero-order valence-electron chi connectivity index (χ0n) is 18.8.